The zero-order valence-corrected chi connectivity index (χ0v) is 20.9. The Labute approximate surface area is 211 Å². The molecule has 2 amide bonds. The first-order chi connectivity index (χ1) is 17.3. The monoisotopic (exact) mass is 491 g/mol. The number of carbonyl (C=O) groups is 2. The molecule has 0 unspecified atom stereocenters. The number of carbonyl (C=O) groups excluding carboxylic acids is 2. The van der Waals surface area contributed by atoms with E-state index in [4.69, 9.17) is 0 Å². The maximum atomic E-state index is 13.6. The molecule has 1 aliphatic rings. The third-order valence-corrected chi connectivity index (χ3v) is 6.34. The summed E-state index contributed by atoms with van der Waals surface area (Å²) in [5, 5.41) is 17.1. The highest BCUT2D eigenvalue weighted by molar-refractivity contribution is 5.99. The van der Waals surface area contributed by atoms with Gasteiger partial charge >= 0.3 is 0 Å². The Morgan fingerprint density at radius 3 is 2.61 bits per heavy atom. The van der Waals surface area contributed by atoms with Crippen molar-refractivity contribution in [3.05, 3.63) is 69.5 Å². The topological polar surface area (TPSA) is 117 Å². The molecule has 2 aromatic rings. The Kier molecular flexibility index (Phi) is 9.53. The summed E-state index contributed by atoms with van der Waals surface area (Å²) in [6.07, 6.45) is 7.51. The molecule has 1 aromatic heterocycles. The van der Waals surface area contributed by atoms with Crippen LogP contribution in [-0.4, -0.2) is 58.8 Å². The van der Waals surface area contributed by atoms with Crippen LogP contribution >= 0.6 is 0 Å². The summed E-state index contributed by atoms with van der Waals surface area (Å²) in [5.74, 6) is 5.66. The van der Waals surface area contributed by atoms with E-state index in [0.29, 0.717) is 50.0 Å². The molecule has 0 atom stereocenters. The lowest BCUT2D eigenvalue weighted by molar-refractivity contribution is -0.384. The predicted molar refractivity (Wildman–Crippen MR) is 137 cm³/mol. The van der Waals surface area contributed by atoms with Gasteiger partial charge in [-0.15, -0.1) is 0 Å². The van der Waals surface area contributed by atoms with Gasteiger partial charge in [-0.25, -0.2) is 0 Å². The van der Waals surface area contributed by atoms with Crippen molar-refractivity contribution in [2.75, 3.05) is 26.7 Å². The summed E-state index contributed by atoms with van der Waals surface area (Å²) in [4.78, 5) is 43.0. The molecule has 3 rings (SSSR count). The summed E-state index contributed by atoms with van der Waals surface area (Å²) < 4.78 is 0. The van der Waals surface area contributed by atoms with Gasteiger partial charge in [0.1, 0.15) is 5.54 Å². The third kappa shape index (κ3) is 7.12. The molecule has 1 aliphatic heterocycles. The summed E-state index contributed by atoms with van der Waals surface area (Å²) in [7, 11) is 1.72. The zero-order chi connectivity index (χ0) is 26.0. The Morgan fingerprint density at radius 2 is 1.94 bits per heavy atom. The van der Waals surface area contributed by atoms with E-state index in [-0.39, 0.29) is 17.5 Å². The third-order valence-electron chi connectivity index (χ3n) is 6.34. The fraction of sp³-hybridized carbons (Fsp3) is 0.444. The van der Waals surface area contributed by atoms with E-state index < -0.39 is 10.5 Å². The van der Waals surface area contributed by atoms with E-state index in [2.05, 4.69) is 34.4 Å². The Bertz CT molecular complexity index is 1130. The van der Waals surface area contributed by atoms with Crippen molar-refractivity contribution in [1.29, 1.82) is 0 Å². The molecule has 0 bridgehead atoms. The summed E-state index contributed by atoms with van der Waals surface area (Å²) in [5.41, 5.74) is 0.952. The number of likely N-dealkylation sites (N-methyl/N-ethyl adjacent to an activating group) is 1. The highest BCUT2D eigenvalue weighted by Gasteiger charge is 2.42. The fourth-order valence-electron chi connectivity index (χ4n) is 4.15. The van der Waals surface area contributed by atoms with E-state index in [1.807, 2.05) is 0 Å². The summed E-state index contributed by atoms with van der Waals surface area (Å²) in [6.45, 7) is 3.76. The smallest absolute Gasteiger partial charge is 0.269 e. The van der Waals surface area contributed by atoms with E-state index in [1.165, 1.54) is 18.3 Å². The van der Waals surface area contributed by atoms with Crippen LogP contribution < -0.4 is 10.6 Å². The molecule has 0 spiro atoms. The maximum absolute atomic E-state index is 13.6. The second-order valence-electron chi connectivity index (χ2n) is 9.05. The standard InChI is InChI=1S/C27H33N5O4/c1-3-4-5-6-7-22-18-23(20-29-19-22)25(33)30-27(13-15-28-16-14-27)26(34)31(2)17-12-21-8-10-24(11-9-21)32(35)36/h8-11,18-20,28H,3-5,12-17H2,1-2H3,(H,30,33). The van der Waals surface area contributed by atoms with Crippen LogP contribution in [0.5, 0.6) is 0 Å². The highest BCUT2D eigenvalue weighted by atomic mass is 16.6. The van der Waals surface area contributed by atoms with Gasteiger partial charge < -0.3 is 15.5 Å². The largest absolute Gasteiger partial charge is 0.343 e. The lowest BCUT2D eigenvalue weighted by atomic mass is 9.86. The lowest BCUT2D eigenvalue weighted by Gasteiger charge is -2.39. The van der Waals surface area contributed by atoms with Crippen molar-refractivity contribution in [3.8, 4) is 11.8 Å². The Hall–Kier alpha value is -3.77. The number of hydrogen-bond acceptors (Lipinski definition) is 6. The second-order valence-corrected chi connectivity index (χ2v) is 9.05. The number of nitro groups is 1. The minimum absolute atomic E-state index is 0.0325. The molecule has 0 saturated carbocycles. The Balaban J connectivity index is 1.69. The van der Waals surface area contributed by atoms with Crippen LogP contribution in [-0.2, 0) is 11.2 Å². The number of aromatic nitrogens is 1. The van der Waals surface area contributed by atoms with Gasteiger partial charge in [0.15, 0.2) is 0 Å². The van der Waals surface area contributed by atoms with Gasteiger partial charge in [-0.2, -0.15) is 0 Å². The van der Waals surface area contributed by atoms with Crippen LogP contribution in [0.1, 0.15) is 60.5 Å². The first kappa shape index (κ1) is 26.8. The number of unbranched alkanes of at least 4 members (excludes halogenated alkanes) is 2. The number of non-ortho nitro benzene ring substituents is 1. The average molecular weight is 492 g/mol. The van der Waals surface area contributed by atoms with Gasteiger partial charge in [0, 0.05) is 50.1 Å². The number of nitrogens with one attached hydrogen (secondary N) is 2. The normalized spacial score (nSPS) is 14.3. The second kappa shape index (κ2) is 12.8. The van der Waals surface area contributed by atoms with Gasteiger partial charge in [0.2, 0.25) is 5.91 Å². The number of nitrogens with zero attached hydrogens (tertiary/aromatic N) is 3. The molecule has 1 aromatic carbocycles. The van der Waals surface area contributed by atoms with Crippen LogP contribution in [0.2, 0.25) is 0 Å². The minimum Gasteiger partial charge on any atom is -0.343 e. The van der Waals surface area contributed by atoms with Crippen LogP contribution in [0, 0.1) is 22.0 Å². The van der Waals surface area contributed by atoms with Gasteiger partial charge in [0.05, 0.1) is 10.5 Å². The molecular weight excluding hydrogens is 458 g/mol. The van der Waals surface area contributed by atoms with Crippen molar-refractivity contribution in [1.82, 2.24) is 20.5 Å². The first-order valence-electron chi connectivity index (χ1n) is 12.3. The van der Waals surface area contributed by atoms with E-state index in [0.717, 1.165) is 24.8 Å². The number of benzene rings is 1. The van der Waals surface area contributed by atoms with Crippen LogP contribution in [0.25, 0.3) is 0 Å². The Morgan fingerprint density at radius 1 is 1.22 bits per heavy atom. The number of nitro benzene ring substituents is 1. The lowest BCUT2D eigenvalue weighted by Crippen LogP contribution is -2.63. The quantitative estimate of drug-likeness (QED) is 0.241. The summed E-state index contributed by atoms with van der Waals surface area (Å²) in [6, 6.07) is 8.02. The highest BCUT2D eigenvalue weighted by Crippen LogP contribution is 2.23. The molecule has 36 heavy (non-hydrogen) atoms. The predicted octanol–water partition coefficient (Wildman–Crippen LogP) is 3.08. The van der Waals surface area contributed by atoms with Crippen molar-refractivity contribution >= 4 is 17.5 Å². The van der Waals surface area contributed by atoms with Crippen LogP contribution in [0.3, 0.4) is 0 Å². The molecule has 0 aliphatic carbocycles. The van der Waals surface area contributed by atoms with Crippen molar-refractivity contribution in [2.24, 2.45) is 0 Å². The fourth-order valence-corrected chi connectivity index (χ4v) is 4.15. The van der Waals surface area contributed by atoms with Crippen LogP contribution in [0.15, 0.2) is 42.7 Å². The maximum Gasteiger partial charge on any atom is 0.269 e. The molecule has 9 nitrogen and oxygen atoms in total. The number of piperidine rings is 1. The van der Waals surface area contributed by atoms with E-state index in [9.17, 15) is 19.7 Å². The van der Waals surface area contributed by atoms with Gasteiger partial charge in [-0.1, -0.05) is 37.3 Å². The summed E-state index contributed by atoms with van der Waals surface area (Å²) >= 11 is 0. The molecular formula is C27H33N5O4. The molecule has 190 valence electrons. The number of hydrogen-bond donors (Lipinski definition) is 2. The van der Waals surface area contributed by atoms with Crippen molar-refractivity contribution < 1.29 is 14.5 Å². The number of rotatable bonds is 9. The molecule has 9 heteroatoms. The van der Waals surface area contributed by atoms with Crippen molar-refractivity contribution in [3.63, 3.8) is 0 Å². The van der Waals surface area contributed by atoms with Gasteiger partial charge in [-0.05, 0) is 50.4 Å². The van der Waals surface area contributed by atoms with Crippen molar-refractivity contribution in [2.45, 2.75) is 51.0 Å². The minimum atomic E-state index is -1.02. The van der Waals surface area contributed by atoms with E-state index in [1.54, 1.807) is 36.3 Å². The number of amides is 2. The molecule has 1 fully saturated rings. The molecule has 2 heterocycles. The van der Waals surface area contributed by atoms with Crippen LogP contribution in [0.4, 0.5) is 5.69 Å². The zero-order valence-electron chi connectivity index (χ0n) is 20.9. The van der Waals surface area contributed by atoms with Gasteiger partial charge in [0.25, 0.3) is 11.6 Å². The average Bonchev–Trinajstić information content (AvgIpc) is 2.90. The van der Waals surface area contributed by atoms with E-state index >= 15 is 0 Å². The molecule has 0 radical (unpaired) electrons. The number of pyridine rings is 1. The molecule has 1 saturated heterocycles. The van der Waals surface area contributed by atoms with Gasteiger partial charge in [-0.3, -0.25) is 24.7 Å². The SMILES string of the molecule is CCCCC#Cc1cncc(C(=O)NC2(C(=O)N(C)CCc3ccc([N+](=O)[O-])cc3)CCNCC2)c1. The molecule has 2 N–H and O–H groups in total. The first-order valence-corrected chi connectivity index (χ1v) is 12.3.